The van der Waals surface area contributed by atoms with E-state index in [1.54, 1.807) is 18.3 Å². The lowest BCUT2D eigenvalue weighted by Crippen LogP contribution is -2.38. The topological polar surface area (TPSA) is 83.4 Å². The minimum Gasteiger partial charge on any atom is -0.504 e. The third-order valence-corrected chi connectivity index (χ3v) is 5.02. The number of aromatic nitrogens is 2. The number of nitrogens with zero attached hydrogens (tertiary/aromatic N) is 3. The molecule has 1 aliphatic rings. The Bertz CT molecular complexity index is 730. The Hall–Kier alpha value is -1.89. The molecule has 0 amide bonds. The summed E-state index contributed by atoms with van der Waals surface area (Å²) in [6, 6.07) is 3.36. The number of anilines is 1. The maximum absolute atomic E-state index is 12.0. The van der Waals surface area contributed by atoms with E-state index in [0.717, 1.165) is 6.42 Å². The number of pyridine rings is 2. The van der Waals surface area contributed by atoms with Crippen LogP contribution < -0.4 is 4.31 Å². The summed E-state index contributed by atoms with van der Waals surface area (Å²) >= 11 is 0. The summed E-state index contributed by atoms with van der Waals surface area (Å²) in [5, 5.41) is 10.4. The van der Waals surface area contributed by atoms with Gasteiger partial charge in [-0.3, -0.25) is 9.29 Å². The van der Waals surface area contributed by atoms with Gasteiger partial charge in [-0.15, -0.1) is 0 Å². The molecule has 0 bridgehead atoms. The molecule has 100 valence electrons. The first-order valence-corrected chi connectivity index (χ1v) is 7.63. The van der Waals surface area contributed by atoms with Gasteiger partial charge in [-0.1, -0.05) is 0 Å². The molecule has 3 heterocycles. The Kier molecular flexibility index (Phi) is 2.78. The summed E-state index contributed by atoms with van der Waals surface area (Å²) in [7, 11) is -3.28. The molecule has 0 unspecified atom stereocenters. The van der Waals surface area contributed by atoms with E-state index in [4.69, 9.17) is 0 Å². The fourth-order valence-electron chi connectivity index (χ4n) is 2.20. The zero-order chi connectivity index (χ0) is 13.5. The van der Waals surface area contributed by atoms with Crippen molar-refractivity contribution in [1.82, 2.24) is 9.97 Å². The molecule has 0 atom stereocenters. The van der Waals surface area contributed by atoms with E-state index in [2.05, 4.69) is 9.97 Å². The van der Waals surface area contributed by atoms with Crippen LogP contribution in [0.25, 0.3) is 10.9 Å². The second kappa shape index (κ2) is 4.34. The number of hydrogen-bond donors (Lipinski definition) is 1. The molecular formula is C12H13N3O3S. The van der Waals surface area contributed by atoms with Crippen LogP contribution in [0.5, 0.6) is 5.75 Å². The summed E-state index contributed by atoms with van der Waals surface area (Å²) in [5.41, 5.74) is 0.369. The van der Waals surface area contributed by atoms with Gasteiger partial charge in [-0.2, -0.15) is 0 Å². The smallest absolute Gasteiger partial charge is 0.236 e. The standard InChI is InChI=1S/C12H13N3O3S/c16-10-8-13-7-9-3-4-11(14-12(9)10)15-5-1-2-6-19(15,17)18/h3-4,7-8,16H,1-2,5-6H2. The molecule has 0 saturated carbocycles. The van der Waals surface area contributed by atoms with Gasteiger partial charge in [0.2, 0.25) is 10.0 Å². The number of fused-ring (bicyclic) bond motifs is 1. The van der Waals surface area contributed by atoms with Crippen LogP contribution in [0.3, 0.4) is 0 Å². The summed E-state index contributed by atoms with van der Waals surface area (Å²) in [6.45, 7) is 0.437. The molecule has 2 aromatic heterocycles. The molecule has 7 heteroatoms. The van der Waals surface area contributed by atoms with E-state index in [1.807, 2.05) is 0 Å². The maximum Gasteiger partial charge on any atom is 0.236 e. The zero-order valence-corrected chi connectivity index (χ0v) is 11.0. The molecule has 0 spiro atoms. The average Bonchev–Trinajstić information content (AvgIpc) is 2.39. The highest BCUT2D eigenvalue weighted by molar-refractivity contribution is 7.92. The zero-order valence-electron chi connectivity index (χ0n) is 10.2. The van der Waals surface area contributed by atoms with Crippen LogP contribution in [0.4, 0.5) is 5.82 Å². The third kappa shape index (κ3) is 2.10. The molecule has 3 rings (SSSR count). The molecule has 0 radical (unpaired) electrons. The molecular weight excluding hydrogens is 266 g/mol. The molecule has 1 aliphatic heterocycles. The van der Waals surface area contributed by atoms with E-state index >= 15 is 0 Å². The van der Waals surface area contributed by atoms with Gasteiger partial charge in [0.05, 0.1) is 11.9 Å². The van der Waals surface area contributed by atoms with Crippen molar-refractivity contribution in [3.05, 3.63) is 24.5 Å². The molecule has 2 aromatic rings. The van der Waals surface area contributed by atoms with E-state index in [0.29, 0.717) is 29.7 Å². The van der Waals surface area contributed by atoms with Gasteiger partial charge in [0, 0.05) is 18.1 Å². The molecule has 0 aliphatic carbocycles. The average molecular weight is 279 g/mol. The van der Waals surface area contributed by atoms with Crippen LogP contribution >= 0.6 is 0 Å². The van der Waals surface area contributed by atoms with Crippen molar-refractivity contribution in [3.63, 3.8) is 0 Å². The molecule has 6 nitrogen and oxygen atoms in total. The fraction of sp³-hybridized carbons (Fsp3) is 0.333. The highest BCUT2D eigenvalue weighted by Gasteiger charge is 2.27. The fourth-order valence-corrected chi connectivity index (χ4v) is 3.79. The normalized spacial score (nSPS) is 18.6. The molecule has 1 N–H and O–H groups in total. The molecule has 19 heavy (non-hydrogen) atoms. The first-order chi connectivity index (χ1) is 9.08. The lowest BCUT2D eigenvalue weighted by atomic mass is 10.2. The molecule has 1 saturated heterocycles. The highest BCUT2D eigenvalue weighted by atomic mass is 32.2. The van der Waals surface area contributed by atoms with Gasteiger partial charge in [0.1, 0.15) is 11.3 Å². The van der Waals surface area contributed by atoms with Gasteiger partial charge in [0.15, 0.2) is 5.75 Å². The maximum atomic E-state index is 12.0. The van der Waals surface area contributed by atoms with E-state index < -0.39 is 10.0 Å². The first kappa shape index (κ1) is 12.2. The van der Waals surface area contributed by atoms with Crippen LogP contribution in [0.2, 0.25) is 0 Å². The van der Waals surface area contributed by atoms with Crippen molar-refractivity contribution < 1.29 is 13.5 Å². The van der Waals surface area contributed by atoms with Crippen LogP contribution in [-0.4, -0.2) is 35.8 Å². The monoisotopic (exact) mass is 279 g/mol. The Morgan fingerprint density at radius 1 is 1.21 bits per heavy atom. The van der Waals surface area contributed by atoms with Crippen molar-refractivity contribution >= 4 is 26.7 Å². The lowest BCUT2D eigenvalue weighted by molar-refractivity contribution is 0.478. The van der Waals surface area contributed by atoms with Crippen LogP contribution in [-0.2, 0) is 10.0 Å². The quantitative estimate of drug-likeness (QED) is 0.849. The van der Waals surface area contributed by atoms with Crippen LogP contribution in [0.1, 0.15) is 12.8 Å². The Balaban J connectivity index is 2.13. The van der Waals surface area contributed by atoms with Crippen LogP contribution in [0, 0.1) is 0 Å². The van der Waals surface area contributed by atoms with Crippen LogP contribution in [0.15, 0.2) is 24.5 Å². The Morgan fingerprint density at radius 3 is 2.84 bits per heavy atom. The van der Waals surface area contributed by atoms with Gasteiger partial charge in [-0.25, -0.2) is 13.4 Å². The van der Waals surface area contributed by atoms with Crippen molar-refractivity contribution in [2.45, 2.75) is 12.8 Å². The van der Waals surface area contributed by atoms with E-state index in [9.17, 15) is 13.5 Å². The first-order valence-electron chi connectivity index (χ1n) is 6.02. The highest BCUT2D eigenvalue weighted by Crippen LogP contribution is 2.27. The second-order valence-corrected chi connectivity index (χ2v) is 6.51. The Labute approximate surface area is 110 Å². The number of hydrogen-bond acceptors (Lipinski definition) is 5. The minimum atomic E-state index is -3.28. The number of rotatable bonds is 1. The molecule has 1 fully saturated rings. The predicted molar refractivity (Wildman–Crippen MR) is 71.6 cm³/mol. The summed E-state index contributed by atoms with van der Waals surface area (Å²) in [4.78, 5) is 8.11. The summed E-state index contributed by atoms with van der Waals surface area (Å²) in [6.07, 6.45) is 4.38. The minimum absolute atomic E-state index is 0.0474. The van der Waals surface area contributed by atoms with E-state index in [-0.39, 0.29) is 11.5 Å². The van der Waals surface area contributed by atoms with Gasteiger partial charge in [0.25, 0.3) is 0 Å². The summed E-state index contributed by atoms with van der Waals surface area (Å²) in [5.74, 6) is 0.456. The predicted octanol–water partition coefficient (Wildman–Crippen LogP) is 1.27. The number of sulfonamides is 1. The summed E-state index contributed by atoms with van der Waals surface area (Å²) < 4.78 is 25.3. The van der Waals surface area contributed by atoms with Gasteiger partial charge in [-0.05, 0) is 25.0 Å². The SMILES string of the molecule is O=S1(=O)CCCCN1c1ccc2cncc(O)c2n1. The number of aromatic hydroxyl groups is 1. The van der Waals surface area contributed by atoms with Crippen molar-refractivity contribution in [2.75, 3.05) is 16.6 Å². The second-order valence-electron chi connectivity index (χ2n) is 4.50. The molecule has 0 aromatic carbocycles. The Morgan fingerprint density at radius 2 is 2.05 bits per heavy atom. The lowest BCUT2D eigenvalue weighted by Gasteiger charge is -2.27. The van der Waals surface area contributed by atoms with Crippen molar-refractivity contribution in [2.24, 2.45) is 0 Å². The van der Waals surface area contributed by atoms with Gasteiger partial charge < -0.3 is 5.11 Å². The van der Waals surface area contributed by atoms with Crippen molar-refractivity contribution in [1.29, 1.82) is 0 Å². The van der Waals surface area contributed by atoms with E-state index in [1.165, 1.54) is 10.5 Å². The largest absolute Gasteiger partial charge is 0.504 e. The van der Waals surface area contributed by atoms with Crippen molar-refractivity contribution in [3.8, 4) is 5.75 Å². The van der Waals surface area contributed by atoms with Gasteiger partial charge >= 0.3 is 0 Å². The third-order valence-electron chi connectivity index (χ3n) is 3.17.